The van der Waals surface area contributed by atoms with Crippen LogP contribution in [0, 0.1) is 18.6 Å². The number of nitrogens with zero attached hydrogens (tertiary/aromatic N) is 4. The van der Waals surface area contributed by atoms with Crippen LogP contribution in [0.15, 0.2) is 72.9 Å². The molecule has 2 aliphatic heterocycles. The van der Waals surface area contributed by atoms with E-state index in [1.54, 1.807) is 26.1 Å². The molecule has 0 spiro atoms. The summed E-state index contributed by atoms with van der Waals surface area (Å²) in [5, 5.41) is 15.4. The van der Waals surface area contributed by atoms with Crippen LogP contribution in [-0.4, -0.2) is 45.0 Å². The molecule has 12 heteroatoms. The van der Waals surface area contributed by atoms with Gasteiger partial charge >= 0.3 is 0 Å². The maximum Gasteiger partial charge on any atom is 0.266 e. The van der Waals surface area contributed by atoms with Gasteiger partial charge < -0.3 is 5.32 Å². The van der Waals surface area contributed by atoms with Gasteiger partial charge in [-0.3, -0.25) is 24.8 Å². The zero-order valence-electron chi connectivity index (χ0n) is 28.8. The van der Waals surface area contributed by atoms with Crippen molar-refractivity contribution in [1.29, 1.82) is 0 Å². The Bertz CT molecular complexity index is 2140. The number of pyridine rings is 1. The molecule has 0 saturated carbocycles. The van der Waals surface area contributed by atoms with E-state index in [1.807, 2.05) is 18.2 Å². The first-order chi connectivity index (χ1) is 25.0. The van der Waals surface area contributed by atoms with Gasteiger partial charge in [0.25, 0.3) is 6.43 Å². The maximum atomic E-state index is 15.1. The molecule has 8 nitrogen and oxygen atoms in total. The molecule has 1 unspecified atom stereocenters. The van der Waals surface area contributed by atoms with Crippen molar-refractivity contribution in [3.8, 4) is 11.3 Å². The molecule has 3 aromatic carbocycles. The number of alkyl halides is 2. The first-order valence-corrected chi connectivity index (χ1v) is 17.5. The average Bonchev–Trinajstić information content (AvgIpc) is 3.13. The van der Waals surface area contributed by atoms with Gasteiger partial charge in [-0.25, -0.2) is 17.6 Å². The fourth-order valence-electron chi connectivity index (χ4n) is 7.38. The predicted octanol–water partition coefficient (Wildman–Crippen LogP) is 8.29. The third kappa shape index (κ3) is 7.38. The highest BCUT2D eigenvalue weighted by Gasteiger charge is 2.28. The Morgan fingerprint density at radius 3 is 2.37 bits per heavy atom. The van der Waals surface area contributed by atoms with Crippen molar-refractivity contribution in [1.82, 2.24) is 25.4 Å². The first kappa shape index (κ1) is 35.2. The van der Waals surface area contributed by atoms with Gasteiger partial charge in [0, 0.05) is 41.1 Å². The summed E-state index contributed by atoms with van der Waals surface area (Å²) < 4.78 is 56.8. The van der Waals surface area contributed by atoms with Crippen LogP contribution < -0.4 is 10.6 Å². The summed E-state index contributed by atoms with van der Waals surface area (Å²) in [4.78, 5) is 30.7. The second-order valence-corrected chi connectivity index (χ2v) is 13.7. The fourth-order valence-corrected chi connectivity index (χ4v) is 7.38. The number of carbonyl (C=O) groups excluding carboxylic acids is 2. The van der Waals surface area contributed by atoms with Gasteiger partial charge in [-0.15, -0.1) is 5.10 Å². The third-order valence-corrected chi connectivity index (χ3v) is 10.3. The SMILES string of the molecule is Cc1nnc(N[C@H](C)c2cccc(C(F)F)c2F)c2cc(-c3cc(F)cc(CN4CCC(c5ccc(C6CCC(=O)NC6=O)cc5)CC4)c3)ncc12. The minimum atomic E-state index is -2.94. The van der Waals surface area contributed by atoms with Gasteiger partial charge in [-0.2, -0.15) is 5.10 Å². The van der Waals surface area contributed by atoms with Crippen LogP contribution in [0.4, 0.5) is 23.4 Å². The van der Waals surface area contributed by atoms with Crippen LogP contribution in [0.1, 0.15) is 90.4 Å². The number of hydrogen-bond acceptors (Lipinski definition) is 7. The molecule has 0 bridgehead atoms. The molecule has 2 aliphatic rings. The molecule has 2 fully saturated rings. The summed E-state index contributed by atoms with van der Waals surface area (Å²) in [6, 6.07) is 18.1. The molecule has 4 heterocycles. The molecule has 2 aromatic heterocycles. The Morgan fingerprint density at radius 2 is 1.63 bits per heavy atom. The molecule has 2 N–H and O–H groups in total. The number of carbonyl (C=O) groups is 2. The molecule has 52 heavy (non-hydrogen) atoms. The standard InChI is InChI=1S/C40H38F4N6O2/c1-22(30-4-3-5-32(37(30)42)38(43)44)46-39-33-19-35(45-20-34(33)23(2)48-49-39)28-16-24(17-29(41)18-28)21-50-14-12-26(13-15-50)25-6-8-27(9-7-25)31-10-11-36(51)47-40(31)52/h3-9,16-20,22,26,31,38H,10-15,21H2,1-2H3,(H,46,49)(H,47,51,52)/t22-,31?/m1/s1. The van der Waals surface area contributed by atoms with Gasteiger partial charge in [-0.1, -0.05) is 42.5 Å². The number of benzene rings is 3. The Kier molecular flexibility index (Phi) is 10.0. The van der Waals surface area contributed by atoms with Crippen molar-refractivity contribution >= 4 is 28.4 Å². The number of imide groups is 1. The molecule has 7 rings (SSSR count). The highest BCUT2D eigenvalue weighted by molar-refractivity contribution is 6.01. The molecular formula is C40H38F4N6O2. The van der Waals surface area contributed by atoms with E-state index in [2.05, 4.69) is 42.8 Å². The predicted molar refractivity (Wildman–Crippen MR) is 190 cm³/mol. The number of anilines is 1. The van der Waals surface area contributed by atoms with Gasteiger partial charge in [-0.05, 0) is 93.1 Å². The molecular weight excluding hydrogens is 672 g/mol. The van der Waals surface area contributed by atoms with Gasteiger partial charge in [0.1, 0.15) is 11.6 Å². The Labute approximate surface area is 298 Å². The van der Waals surface area contributed by atoms with Crippen molar-refractivity contribution < 1.29 is 27.2 Å². The molecule has 0 radical (unpaired) electrons. The van der Waals surface area contributed by atoms with E-state index in [-0.39, 0.29) is 29.1 Å². The molecule has 2 amide bonds. The zero-order valence-corrected chi connectivity index (χ0v) is 28.8. The van der Waals surface area contributed by atoms with Crippen LogP contribution in [0.25, 0.3) is 22.0 Å². The third-order valence-electron chi connectivity index (χ3n) is 10.3. The van der Waals surface area contributed by atoms with Crippen molar-refractivity contribution in [2.75, 3.05) is 18.4 Å². The highest BCUT2D eigenvalue weighted by atomic mass is 19.3. The largest absolute Gasteiger partial charge is 0.361 e. The number of likely N-dealkylation sites (tertiary alicyclic amines) is 1. The van der Waals surface area contributed by atoms with Gasteiger partial charge in [0.15, 0.2) is 5.82 Å². The van der Waals surface area contributed by atoms with Crippen LogP contribution in [0.2, 0.25) is 0 Å². The van der Waals surface area contributed by atoms with Crippen molar-refractivity contribution in [3.63, 3.8) is 0 Å². The summed E-state index contributed by atoms with van der Waals surface area (Å²) >= 11 is 0. The number of halogens is 4. The first-order valence-electron chi connectivity index (χ1n) is 17.5. The number of piperidine rings is 2. The van der Waals surface area contributed by atoms with Gasteiger partial charge in [0.05, 0.1) is 28.9 Å². The van der Waals surface area contributed by atoms with Crippen molar-refractivity contribution in [3.05, 3.63) is 118 Å². The number of fused-ring (bicyclic) bond motifs is 1. The van der Waals surface area contributed by atoms with E-state index < -0.39 is 23.8 Å². The number of aromatic nitrogens is 3. The van der Waals surface area contributed by atoms with E-state index in [4.69, 9.17) is 0 Å². The number of amides is 2. The monoisotopic (exact) mass is 710 g/mol. The van der Waals surface area contributed by atoms with Crippen molar-refractivity contribution in [2.24, 2.45) is 0 Å². The van der Waals surface area contributed by atoms with Crippen LogP contribution in [-0.2, 0) is 16.1 Å². The molecule has 2 saturated heterocycles. The lowest BCUT2D eigenvalue weighted by Crippen LogP contribution is -2.39. The van der Waals surface area contributed by atoms with Crippen LogP contribution >= 0.6 is 0 Å². The maximum absolute atomic E-state index is 15.1. The average molecular weight is 711 g/mol. The summed E-state index contributed by atoms with van der Waals surface area (Å²) in [5.41, 5.74) is 4.09. The van der Waals surface area contributed by atoms with Gasteiger partial charge in [0.2, 0.25) is 11.8 Å². The lowest BCUT2D eigenvalue weighted by Gasteiger charge is -2.32. The summed E-state index contributed by atoms with van der Waals surface area (Å²) in [6.45, 7) is 5.69. The van der Waals surface area contributed by atoms with Crippen molar-refractivity contribution in [2.45, 2.75) is 70.4 Å². The molecule has 5 aromatic rings. The fraction of sp³-hybridized carbons (Fsp3) is 0.325. The van der Waals surface area contributed by atoms with E-state index in [9.17, 15) is 22.8 Å². The lowest BCUT2D eigenvalue weighted by atomic mass is 9.86. The number of rotatable bonds is 9. The van der Waals surface area contributed by atoms with Crippen LogP contribution in [0.3, 0.4) is 0 Å². The van der Waals surface area contributed by atoms with Crippen LogP contribution in [0.5, 0.6) is 0 Å². The second-order valence-electron chi connectivity index (χ2n) is 13.7. The lowest BCUT2D eigenvalue weighted by molar-refractivity contribution is -0.134. The topological polar surface area (TPSA) is 100 Å². The Balaban J connectivity index is 1.05. The van der Waals surface area contributed by atoms with E-state index in [1.165, 1.54) is 29.8 Å². The molecule has 0 aliphatic carbocycles. The Morgan fingerprint density at radius 1 is 0.904 bits per heavy atom. The Hall–Kier alpha value is -5.23. The highest BCUT2D eigenvalue weighted by Crippen LogP contribution is 2.34. The molecule has 2 atom stereocenters. The smallest absolute Gasteiger partial charge is 0.266 e. The quantitative estimate of drug-likeness (QED) is 0.117. The molecule has 268 valence electrons. The number of aryl methyl sites for hydroxylation is 1. The number of nitrogens with one attached hydrogen (secondary N) is 2. The van der Waals surface area contributed by atoms with E-state index in [0.717, 1.165) is 43.1 Å². The minimum Gasteiger partial charge on any atom is -0.361 e. The summed E-state index contributed by atoms with van der Waals surface area (Å²) in [6.07, 6.45) is 1.46. The van der Waals surface area contributed by atoms with E-state index in [0.29, 0.717) is 58.8 Å². The normalized spacial score (nSPS) is 17.8. The van der Waals surface area contributed by atoms with E-state index >= 15 is 4.39 Å². The summed E-state index contributed by atoms with van der Waals surface area (Å²) in [5.74, 6) is -1.41. The second kappa shape index (κ2) is 14.8. The number of hydrogen-bond donors (Lipinski definition) is 2. The zero-order chi connectivity index (χ0) is 36.5. The minimum absolute atomic E-state index is 0.0732. The summed E-state index contributed by atoms with van der Waals surface area (Å²) in [7, 11) is 0.